The first kappa shape index (κ1) is 35.9. The van der Waals surface area contributed by atoms with Gasteiger partial charge in [-0.15, -0.1) is 0 Å². The average molecular weight is 672 g/mol. The summed E-state index contributed by atoms with van der Waals surface area (Å²) in [6, 6.07) is 8.99. The second-order valence-electron chi connectivity index (χ2n) is 11.3. The minimum atomic E-state index is -1.42. The van der Waals surface area contributed by atoms with E-state index in [1.807, 2.05) is 0 Å². The Morgan fingerprint density at radius 2 is 1.50 bits per heavy atom. The standard InChI is InChI=1S/C34H36F2N2O10/c1-20-13-24(14-21(2)31(20)47-19-45-4)32(40)37-26-7-5-6-12-38(17-26,34(42)43)48-33(41)23-10-8-22(9-11-23)30(39)29-27(36)15-25(35)16-28(29)46-18-44-3/h8-11,13-16,26H,5-7,12,17-19H2,1-4H3,(H-,37,40,42,43)/p+1. The van der Waals surface area contributed by atoms with Gasteiger partial charge in [-0.25, -0.2) is 13.6 Å². The lowest BCUT2D eigenvalue weighted by Gasteiger charge is -2.30. The van der Waals surface area contributed by atoms with Crippen LogP contribution in [0.15, 0.2) is 48.5 Å². The normalized spacial score (nSPS) is 17.6. The van der Waals surface area contributed by atoms with Crippen molar-refractivity contribution in [2.24, 2.45) is 0 Å². The summed E-state index contributed by atoms with van der Waals surface area (Å²) in [6.45, 7) is 3.01. The number of hydroxylamine groups is 3. The van der Waals surface area contributed by atoms with Crippen molar-refractivity contribution in [2.75, 3.05) is 40.9 Å². The van der Waals surface area contributed by atoms with Gasteiger partial charge in [0, 0.05) is 43.9 Å². The molecule has 1 saturated heterocycles. The Bertz CT molecular complexity index is 1660. The number of carbonyl (C=O) groups excluding carboxylic acids is 3. The molecule has 1 aliphatic rings. The minimum Gasteiger partial charge on any atom is -0.467 e. The molecule has 0 radical (unpaired) electrons. The lowest BCUT2D eigenvalue weighted by Crippen LogP contribution is -2.58. The fourth-order valence-electron chi connectivity index (χ4n) is 5.53. The topological polar surface area (TPSA) is 147 Å². The summed E-state index contributed by atoms with van der Waals surface area (Å²) in [6.07, 6.45) is 0.0128. The zero-order chi connectivity index (χ0) is 35.0. The maximum absolute atomic E-state index is 14.6. The number of likely N-dealkylation sites (tertiary alicyclic amines) is 1. The van der Waals surface area contributed by atoms with E-state index >= 15 is 0 Å². The van der Waals surface area contributed by atoms with Gasteiger partial charge in [-0.1, -0.05) is 12.1 Å². The molecule has 2 N–H and O–H groups in total. The summed E-state index contributed by atoms with van der Waals surface area (Å²) in [5.41, 5.74) is 1.14. The van der Waals surface area contributed by atoms with Crippen LogP contribution in [0.1, 0.15) is 67.0 Å². The van der Waals surface area contributed by atoms with E-state index in [0.717, 1.165) is 17.2 Å². The number of halogens is 2. The van der Waals surface area contributed by atoms with Gasteiger partial charge in [-0.3, -0.25) is 14.4 Å². The van der Waals surface area contributed by atoms with Gasteiger partial charge in [0.2, 0.25) is 0 Å². The zero-order valence-electron chi connectivity index (χ0n) is 27.0. The number of nitrogens with one attached hydrogen (secondary N) is 1. The second-order valence-corrected chi connectivity index (χ2v) is 11.3. The third-order valence-electron chi connectivity index (χ3n) is 7.78. The fraction of sp³-hybridized carbons (Fsp3) is 0.353. The molecule has 256 valence electrons. The molecule has 0 aliphatic carbocycles. The minimum absolute atomic E-state index is 0.0398. The number of amides is 2. The number of aryl methyl sites for hydroxylation is 2. The molecule has 0 saturated carbocycles. The van der Waals surface area contributed by atoms with Crippen LogP contribution in [-0.4, -0.2) is 80.4 Å². The van der Waals surface area contributed by atoms with Gasteiger partial charge in [-0.2, -0.15) is 4.79 Å². The van der Waals surface area contributed by atoms with E-state index in [9.17, 15) is 33.1 Å². The van der Waals surface area contributed by atoms with Crippen LogP contribution in [-0.2, 0) is 14.3 Å². The van der Waals surface area contributed by atoms with Gasteiger partial charge < -0.3 is 29.4 Å². The van der Waals surface area contributed by atoms with Gasteiger partial charge in [0.15, 0.2) is 25.9 Å². The third kappa shape index (κ3) is 8.32. The molecule has 0 spiro atoms. The summed E-state index contributed by atoms with van der Waals surface area (Å²) < 4.78 is 47.8. The van der Waals surface area contributed by atoms with E-state index in [-0.39, 0.29) is 43.6 Å². The highest BCUT2D eigenvalue weighted by atomic mass is 19.1. The molecule has 12 nitrogen and oxygen atoms in total. The fourth-order valence-corrected chi connectivity index (χ4v) is 5.53. The van der Waals surface area contributed by atoms with Crippen LogP contribution in [0.5, 0.6) is 11.5 Å². The summed E-state index contributed by atoms with van der Waals surface area (Å²) in [4.78, 5) is 57.8. The van der Waals surface area contributed by atoms with Crippen molar-refractivity contribution in [3.8, 4) is 11.5 Å². The number of methoxy groups -OCH3 is 2. The van der Waals surface area contributed by atoms with Crippen molar-refractivity contribution in [2.45, 2.75) is 39.2 Å². The van der Waals surface area contributed by atoms with Crippen LogP contribution < -0.4 is 14.8 Å². The molecule has 2 amide bonds. The number of carbonyl (C=O) groups is 4. The Hall–Kier alpha value is -4.92. The molecule has 3 aromatic carbocycles. The highest BCUT2D eigenvalue weighted by molar-refractivity contribution is 6.11. The molecule has 0 bridgehead atoms. The van der Waals surface area contributed by atoms with Crippen molar-refractivity contribution >= 4 is 23.8 Å². The predicted molar refractivity (Wildman–Crippen MR) is 166 cm³/mol. The molecule has 14 heteroatoms. The van der Waals surface area contributed by atoms with Gasteiger partial charge >= 0.3 is 12.1 Å². The molecule has 48 heavy (non-hydrogen) atoms. The molecule has 3 aromatic rings. The van der Waals surface area contributed by atoms with Crippen LogP contribution in [0.4, 0.5) is 13.6 Å². The number of benzene rings is 3. The first-order valence-electron chi connectivity index (χ1n) is 15.0. The highest BCUT2D eigenvalue weighted by Gasteiger charge is 2.46. The van der Waals surface area contributed by atoms with Crippen LogP contribution in [0, 0.1) is 25.5 Å². The molecular weight excluding hydrogens is 634 g/mol. The maximum atomic E-state index is 14.6. The van der Waals surface area contributed by atoms with Crippen LogP contribution in [0.3, 0.4) is 0 Å². The summed E-state index contributed by atoms with van der Waals surface area (Å²) in [5.74, 6) is -4.13. The molecule has 0 aromatic heterocycles. The Morgan fingerprint density at radius 3 is 2.12 bits per heavy atom. The average Bonchev–Trinajstić information content (AvgIpc) is 3.25. The third-order valence-corrected chi connectivity index (χ3v) is 7.78. The number of hydrogen-bond acceptors (Lipinski definition) is 9. The summed E-state index contributed by atoms with van der Waals surface area (Å²) in [5, 5.41) is 13.2. The number of ether oxygens (including phenoxy) is 4. The molecule has 1 aliphatic heterocycles. The number of carboxylic acid groups (broad SMARTS) is 1. The Kier molecular flexibility index (Phi) is 11.8. The Labute approximate surface area is 275 Å². The van der Waals surface area contributed by atoms with Crippen molar-refractivity contribution in [1.29, 1.82) is 0 Å². The first-order valence-corrected chi connectivity index (χ1v) is 15.0. The van der Waals surface area contributed by atoms with Crippen molar-refractivity contribution in [3.63, 3.8) is 0 Å². The Morgan fingerprint density at radius 1 is 0.875 bits per heavy atom. The van der Waals surface area contributed by atoms with E-state index in [2.05, 4.69) is 5.32 Å². The molecule has 2 atom stereocenters. The van der Waals surface area contributed by atoms with Crippen LogP contribution >= 0.6 is 0 Å². The highest BCUT2D eigenvalue weighted by Crippen LogP contribution is 2.28. The number of quaternary nitrogens is 1. The number of rotatable bonds is 11. The van der Waals surface area contributed by atoms with E-state index < -0.39 is 51.6 Å². The number of nitrogens with zero attached hydrogens (tertiary/aromatic N) is 1. The van der Waals surface area contributed by atoms with Crippen LogP contribution in [0.25, 0.3) is 0 Å². The van der Waals surface area contributed by atoms with Crippen molar-refractivity contribution in [1.82, 2.24) is 5.32 Å². The van der Waals surface area contributed by atoms with Crippen molar-refractivity contribution < 1.29 is 61.5 Å². The molecule has 1 fully saturated rings. The van der Waals surface area contributed by atoms with Gasteiger partial charge in [0.05, 0.1) is 11.6 Å². The second kappa shape index (κ2) is 15.8. The predicted octanol–water partition coefficient (Wildman–Crippen LogP) is 5.33. The van der Waals surface area contributed by atoms with Crippen LogP contribution in [0.2, 0.25) is 0 Å². The summed E-state index contributed by atoms with van der Waals surface area (Å²) in [7, 11) is 2.80. The molecule has 2 unspecified atom stereocenters. The van der Waals surface area contributed by atoms with Gasteiger partial charge in [0.25, 0.3) is 5.91 Å². The monoisotopic (exact) mass is 671 g/mol. The molecule has 4 rings (SSSR count). The van der Waals surface area contributed by atoms with E-state index in [4.69, 9.17) is 23.8 Å². The molecular formula is C34H37F2N2O10+. The first-order chi connectivity index (χ1) is 22.9. The SMILES string of the molecule is COCOc1cc(F)cc(F)c1C(=O)c1ccc(C(=O)O[N+]2(C(=O)O)CCCCC(NC(=O)c3cc(C)c(OCOC)c(C)c3)C2)cc1. The zero-order valence-corrected chi connectivity index (χ0v) is 27.0. The van der Waals surface area contributed by atoms with Gasteiger partial charge in [0.1, 0.15) is 35.2 Å². The van der Waals surface area contributed by atoms with E-state index in [1.165, 1.54) is 38.5 Å². The number of hydrogen-bond donors (Lipinski definition) is 2. The number of ketones is 1. The largest absolute Gasteiger partial charge is 0.556 e. The van der Waals surface area contributed by atoms with Crippen molar-refractivity contribution in [3.05, 3.63) is 93.5 Å². The quantitative estimate of drug-likeness (QED) is 0.156. The lowest BCUT2D eigenvalue weighted by atomic mass is 10.0. The van der Waals surface area contributed by atoms with E-state index in [0.29, 0.717) is 36.6 Å². The smallest absolute Gasteiger partial charge is 0.467 e. The van der Waals surface area contributed by atoms with Gasteiger partial charge in [-0.05, 0) is 66.7 Å². The summed E-state index contributed by atoms with van der Waals surface area (Å²) >= 11 is 0. The van der Waals surface area contributed by atoms with E-state index in [1.54, 1.807) is 26.0 Å². The maximum Gasteiger partial charge on any atom is 0.556 e. The lowest BCUT2D eigenvalue weighted by molar-refractivity contribution is -1.03. The molecule has 1 heterocycles. The Balaban J connectivity index is 1.50.